The summed E-state index contributed by atoms with van der Waals surface area (Å²) in [6, 6.07) is 12.0. The van der Waals surface area contributed by atoms with Gasteiger partial charge in [0.25, 0.3) is 5.91 Å². The lowest BCUT2D eigenvalue weighted by molar-refractivity contribution is -0.117. The fraction of sp³-hybridized carbons (Fsp3) is 0.250. The zero-order valence-corrected chi connectivity index (χ0v) is 15.4. The van der Waals surface area contributed by atoms with Crippen molar-refractivity contribution in [1.29, 1.82) is 0 Å². The number of carbonyl (C=O) groups is 3. The molecule has 0 atom stereocenters. The molecule has 7 nitrogen and oxygen atoms in total. The van der Waals surface area contributed by atoms with Crippen molar-refractivity contribution in [2.45, 2.75) is 19.5 Å². The first-order valence-corrected chi connectivity index (χ1v) is 8.96. The Hall–Kier alpha value is -3.49. The van der Waals surface area contributed by atoms with Gasteiger partial charge >= 0.3 is 6.61 Å². The van der Waals surface area contributed by atoms with E-state index in [1.807, 2.05) is 0 Å². The Kier molecular flexibility index (Phi) is 6.38. The summed E-state index contributed by atoms with van der Waals surface area (Å²) < 4.78 is 28.5. The van der Waals surface area contributed by atoms with Crippen LogP contribution in [0.4, 0.5) is 20.2 Å². The van der Waals surface area contributed by atoms with E-state index in [2.05, 4.69) is 15.4 Å². The molecule has 2 N–H and O–H groups in total. The molecule has 0 aliphatic carbocycles. The normalized spacial score (nSPS) is 13.5. The predicted octanol–water partition coefficient (Wildman–Crippen LogP) is 2.78. The quantitative estimate of drug-likeness (QED) is 0.744. The number of anilines is 2. The van der Waals surface area contributed by atoms with Gasteiger partial charge < -0.3 is 20.3 Å². The zero-order chi connectivity index (χ0) is 20.8. The Morgan fingerprint density at radius 1 is 1.07 bits per heavy atom. The van der Waals surface area contributed by atoms with Crippen LogP contribution < -0.4 is 20.3 Å². The number of nitrogens with one attached hydrogen (secondary N) is 2. The second kappa shape index (κ2) is 9.13. The molecule has 1 heterocycles. The maximum Gasteiger partial charge on any atom is 0.387 e. The van der Waals surface area contributed by atoms with Crippen LogP contribution in [-0.2, 0) is 9.59 Å². The van der Waals surface area contributed by atoms with E-state index in [1.165, 1.54) is 24.3 Å². The highest BCUT2D eigenvalue weighted by Crippen LogP contribution is 2.21. The van der Waals surface area contributed by atoms with Crippen molar-refractivity contribution in [2.24, 2.45) is 0 Å². The Labute approximate surface area is 165 Å². The average molecular weight is 403 g/mol. The molecular formula is C20H19F2N3O4. The van der Waals surface area contributed by atoms with Gasteiger partial charge in [-0.15, -0.1) is 0 Å². The van der Waals surface area contributed by atoms with Crippen molar-refractivity contribution in [3.8, 4) is 5.75 Å². The Bertz CT molecular complexity index is 886. The lowest BCUT2D eigenvalue weighted by Gasteiger charge is -2.15. The molecule has 9 heteroatoms. The standard InChI is InChI=1S/C20H19F2N3O4/c21-20(22)29-16-9-5-14(6-10-16)24-17(26)12-23-19(28)13-3-7-15(8-4-13)25-11-1-2-18(25)27/h3-10,20H,1-2,11-12H2,(H,23,28)(H,24,26). The lowest BCUT2D eigenvalue weighted by atomic mass is 10.2. The maximum absolute atomic E-state index is 12.2. The minimum Gasteiger partial charge on any atom is -0.435 e. The highest BCUT2D eigenvalue weighted by Gasteiger charge is 2.21. The van der Waals surface area contributed by atoms with Gasteiger partial charge in [-0.1, -0.05) is 0 Å². The van der Waals surface area contributed by atoms with Gasteiger partial charge in [-0.3, -0.25) is 14.4 Å². The van der Waals surface area contributed by atoms with E-state index in [0.717, 1.165) is 12.1 Å². The van der Waals surface area contributed by atoms with E-state index in [-0.39, 0.29) is 18.2 Å². The molecule has 29 heavy (non-hydrogen) atoms. The summed E-state index contributed by atoms with van der Waals surface area (Å²) in [5, 5.41) is 5.04. The molecule has 0 saturated carbocycles. The summed E-state index contributed by atoms with van der Waals surface area (Å²) in [4.78, 5) is 37.6. The summed E-state index contributed by atoms with van der Waals surface area (Å²) in [6.45, 7) is -2.52. The Morgan fingerprint density at radius 3 is 2.34 bits per heavy atom. The first-order valence-electron chi connectivity index (χ1n) is 8.96. The van der Waals surface area contributed by atoms with Crippen molar-refractivity contribution in [2.75, 3.05) is 23.3 Å². The molecule has 2 aromatic rings. The molecule has 1 fully saturated rings. The molecule has 0 aromatic heterocycles. The number of amides is 3. The van der Waals surface area contributed by atoms with Crippen LogP contribution in [0.1, 0.15) is 23.2 Å². The van der Waals surface area contributed by atoms with Gasteiger partial charge in [0.1, 0.15) is 5.75 Å². The van der Waals surface area contributed by atoms with Gasteiger partial charge in [-0.25, -0.2) is 0 Å². The third-order valence-electron chi connectivity index (χ3n) is 4.29. The topological polar surface area (TPSA) is 87.7 Å². The first kappa shape index (κ1) is 20.2. The number of ether oxygens (including phenoxy) is 1. The van der Waals surface area contributed by atoms with Crippen molar-refractivity contribution in [3.63, 3.8) is 0 Å². The molecule has 0 radical (unpaired) electrons. The summed E-state index contributed by atoms with van der Waals surface area (Å²) in [7, 11) is 0. The van der Waals surface area contributed by atoms with Crippen LogP contribution in [0.15, 0.2) is 48.5 Å². The molecular weight excluding hydrogens is 384 g/mol. The number of alkyl halides is 2. The predicted molar refractivity (Wildman–Crippen MR) is 102 cm³/mol. The minimum atomic E-state index is -2.92. The third kappa shape index (κ3) is 5.50. The zero-order valence-electron chi connectivity index (χ0n) is 15.4. The van der Waals surface area contributed by atoms with Gasteiger partial charge in [-0.2, -0.15) is 8.78 Å². The van der Waals surface area contributed by atoms with Gasteiger partial charge in [-0.05, 0) is 55.0 Å². The fourth-order valence-corrected chi connectivity index (χ4v) is 2.90. The smallest absolute Gasteiger partial charge is 0.387 e. The number of carbonyl (C=O) groups excluding carboxylic acids is 3. The van der Waals surface area contributed by atoms with Crippen molar-refractivity contribution in [1.82, 2.24) is 5.32 Å². The molecule has 3 rings (SSSR count). The van der Waals surface area contributed by atoms with Crippen molar-refractivity contribution < 1.29 is 27.9 Å². The second-order valence-corrected chi connectivity index (χ2v) is 6.33. The summed E-state index contributed by atoms with van der Waals surface area (Å²) in [5.74, 6) is -0.863. The molecule has 0 unspecified atom stereocenters. The number of benzene rings is 2. The van der Waals surface area contributed by atoms with Crippen LogP contribution in [0.5, 0.6) is 5.75 Å². The molecule has 152 valence electrons. The lowest BCUT2D eigenvalue weighted by Crippen LogP contribution is -2.32. The summed E-state index contributed by atoms with van der Waals surface area (Å²) in [5.41, 5.74) is 1.48. The van der Waals surface area contributed by atoms with Crippen LogP contribution >= 0.6 is 0 Å². The van der Waals surface area contributed by atoms with Gasteiger partial charge in [0.2, 0.25) is 11.8 Å². The van der Waals surface area contributed by atoms with E-state index >= 15 is 0 Å². The average Bonchev–Trinajstić information content (AvgIpc) is 3.13. The van der Waals surface area contributed by atoms with Crippen LogP contribution in [0, 0.1) is 0 Å². The van der Waals surface area contributed by atoms with E-state index in [0.29, 0.717) is 24.2 Å². The number of hydrogen-bond acceptors (Lipinski definition) is 4. The summed E-state index contributed by atoms with van der Waals surface area (Å²) >= 11 is 0. The number of rotatable bonds is 7. The van der Waals surface area contributed by atoms with E-state index in [1.54, 1.807) is 29.2 Å². The second-order valence-electron chi connectivity index (χ2n) is 6.33. The monoisotopic (exact) mass is 403 g/mol. The highest BCUT2D eigenvalue weighted by atomic mass is 19.3. The highest BCUT2D eigenvalue weighted by molar-refractivity contribution is 6.00. The molecule has 3 amide bonds. The van der Waals surface area contributed by atoms with Crippen molar-refractivity contribution >= 4 is 29.1 Å². The first-order chi connectivity index (χ1) is 13.9. The van der Waals surface area contributed by atoms with E-state index < -0.39 is 18.4 Å². The van der Waals surface area contributed by atoms with Gasteiger partial charge in [0.05, 0.1) is 6.54 Å². The fourth-order valence-electron chi connectivity index (χ4n) is 2.90. The molecule has 2 aromatic carbocycles. The third-order valence-corrected chi connectivity index (χ3v) is 4.29. The molecule has 1 aliphatic heterocycles. The van der Waals surface area contributed by atoms with Gasteiger partial charge in [0, 0.05) is 29.9 Å². The molecule has 1 saturated heterocycles. The maximum atomic E-state index is 12.2. The van der Waals surface area contributed by atoms with Gasteiger partial charge in [0.15, 0.2) is 0 Å². The SMILES string of the molecule is O=C(CNC(=O)c1ccc(N2CCCC2=O)cc1)Nc1ccc(OC(F)F)cc1. The number of halogens is 2. The Balaban J connectivity index is 1.48. The Morgan fingerprint density at radius 2 is 1.76 bits per heavy atom. The summed E-state index contributed by atoms with van der Waals surface area (Å²) in [6.07, 6.45) is 1.34. The largest absolute Gasteiger partial charge is 0.435 e. The van der Waals surface area contributed by atoms with Crippen LogP contribution in [0.25, 0.3) is 0 Å². The van der Waals surface area contributed by atoms with Crippen LogP contribution in [-0.4, -0.2) is 37.4 Å². The van der Waals surface area contributed by atoms with E-state index in [4.69, 9.17) is 0 Å². The number of hydrogen-bond donors (Lipinski definition) is 2. The number of nitrogens with zero attached hydrogens (tertiary/aromatic N) is 1. The molecule has 1 aliphatic rings. The van der Waals surface area contributed by atoms with Crippen LogP contribution in [0.2, 0.25) is 0 Å². The molecule has 0 spiro atoms. The molecule has 0 bridgehead atoms. The van der Waals surface area contributed by atoms with Crippen LogP contribution in [0.3, 0.4) is 0 Å². The van der Waals surface area contributed by atoms with E-state index in [9.17, 15) is 23.2 Å². The minimum absolute atomic E-state index is 0.0228. The van der Waals surface area contributed by atoms with Crippen molar-refractivity contribution in [3.05, 3.63) is 54.1 Å².